The Balaban J connectivity index is 1.97. The fourth-order valence-electron chi connectivity index (χ4n) is 2.25. The van der Waals surface area contributed by atoms with Crippen LogP contribution in [-0.4, -0.2) is 30.5 Å². The highest BCUT2D eigenvalue weighted by Gasteiger charge is 2.32. The van der Waals surface area contributed by atoms with E-state index in [9.17, 15) is 4.79 Å². The highest BCUT2D eigenvalue weighted by atomic mass is 16.5. The molecule has 1 aromatic rings. The number of ether oxygens (including phenoxy) is 1. The zero-order valence-electron chi connectivity index (χ0n) is 12.1. The van der Waals surface area contributed by atoms with Crippen molar-refractivity contribution in [2.45, 2.75) is 39.2 Å². The van der Waals surface area contributed by atoms with Gasteiger partial charge in [0.25, 0.3) is 0 Å². The fraction of sp³-hybridized carbons (Fsp3) is 0.562. The van der Waals surface area contributed by atoms with Crippen LogP contribution in [0.5, 0.6) is 5.75 Å². The minimum atomic E-state index is 0.251. The molecule has 1 amide bonds. The summed E-state index contributed by atoms with van der Waals surface area (Å²) in [6, 6.07) is 8.25. The third-order valence-electron chi connectivity index (χ3n) is 3.38. The summed E-state index contributed by atoms with van der Waals surface area (Å²) >= 11 is 0. The largest absolute Gasteiger partial charge is 0.497 e. The van der Waals surface area contributed by atoms with Crippen molar-refractivity contribution in [2.24, 2.45) is 5.92 Å². The number of amides is 1. The topological polar surface area (TPSA) is 29.5 Å². The lowest BCUT2D eigenvalue weighted by Crippen LogP contribution is -2.37. The number of rotatable bonds is 6. The summed E-state index contributed by atoms with van der Waals surface area (Å²) in [6.07, 6.45) is 2.83. The summed E-state index contributed by atoms with van der Waals surface area (Å²) < 4.78 is 5.13. The van der Waals surface area contributed by atoms with Crippen LogP contribution in [0.25, 0.3) is 0 Å². The average molecular weight is 261 g/mol. The van der Waals surface area contributed by atoms with Gasteiger partial charge in [0.15, 0.2) is 0 Å². The third kappa shape index (κ3) is 3.98. The van der Waals surface area contributed by atoms with Gasteiger partial charge < -0.3 is 9.64 Å². The predicted octanol–water partition coefficient (Wildman–Crippen LogP) is 2.88. The van der Waals surface area contributed by atoms with Crippen LogP contribution in [0.1, 0.15) is 32.3 Å². The van der Waals surface area contributed by atoms with E-state index >= 15 is 0 Å². The number of hydrogen-bond acceptors (Lipinski definition) is 2. The second kappa shape index (κ2) is 6.09. The Kier molecular flexibility index (Phi) is 4.46. The lowest BCUT2D eigenvalue weighted by atomic mass is 10.1. The van der Waals surface area contributed by atoms with Gasteiger partial charge in [-0.1, -0.05) is 26.0 Å². The van der Waals surface area contributed by atoms with Crippen molar-refractivity contribution in [2.75, 3.05) is 13.7 Å². The molecule has 1 fully saturated rings. The number of methoxy groups -OCH3 is 1. The first-order valence-corrected chi connectivity index (χ1v) is 7.02. The normalized spacial score (nSPS) is 14.5. The highest BCUT2D eigenvalue weighted by molar-refractivity contribution is 5.79. The lowest BCUT2D eigenvalue weighted by molar-refractivity contribution is -0.131. The van der Waals surface area contributed by atoms with Gasteiger partial charge in [0, 0.05) is 12.6 Å². The quantitative estimate of drug-likeness (QED) is 0.788. The SMILES string of the molecule is COc1ccc(CC(=O)N(CC(C)C)C2CC2)cc1. The van der Waals surface area contributed by atoms with E-state index < -0.39 is 0 Å². The zero-order chi connectivity index (χ0) is 13.8. The molecule has 0 aliphatic heterocycles. The van der Waals surface area contributed by atoms with Crippen LogP contribution in [0.4, 0.5) is 0 Å². The molecule has 0 unspecified atom stereocenters. The third-order valence-corrected chi connectivity index (χ3v) is 3.38. The second-order valence-electron chi connectivity index (χ2n) is 5.70. The van der Waals surface area contributed by atoms with Crippen molar-refractivity contribution in [1.82, 2.24) is 4.90 Å². The Labute approximate surface area is 115 Å². The molecule has 104 valence electrons. The van der Waals surface area contributed by atoms with E-state index in [1.54, 1.807) is 7.11 Å². The summed E-state index contributed by atoms with van der Waals surface area (Å²) in [7, 11) is 1.65. The number of carbonyl (C=O) groups is 1. The molecule has 0 atom stereocenters. The van der Waals surface area contributed by atoms with E-state index in [4.69, 9.17) is 4.74 Å². The van der Waals surface area contributed by atoms with Crippen LogP contribution in [0.3, 0.4) is 0 Å². The van der Waals surface area contributed by atoms with Crippen molar-refractivity contribution in [1.29, 1.82) is 0 Å². The molecule has 19 heavy (non-hydrogen) atoms. The smallest absolute Gasteiger partial charge is 0.227 e. The van der Waals surface area contributed by atoms with Crippen LogP contribution in [0.15, 0.2) is 24.3 Å². The molecule has 1 aliphatic rings. The van der Waals surface area contributed by atoms with E-state index in [0.29, 0.717) is 18.4 Å². The molecule has 1 saturated carbocycles. The van der Waals surface area contributed by atoms with E-state index in [2.05, 4.69) is 18.7 Å². The Morgan fingerprint density at radius 2 is 1.95 bits per heavy atom. The first-order chi connectivity index (χ1) is 9.10. The van der Waals surface area contributed by atoms with Gasteiger partial charge in [-0.25, -0.2) is 0 Å². The number of hydrogen-bond donors (Lipinski definition) is 0. The van der Waals surface area contributed by atoms with Gasteiger partial charge in [0.05, 0.1) is 13.5 Å². The van der Waals surface area contributed by atoms with Gasteiger partial charge in [-0.2, -0.15) is 0 Å². The van der Waals surface area contributed by atoms with Gasteiger partial charge >= 0.3 is 0 Å². The molecule has 0 N–H and O–H groups in total. The van der Waals surface area contributed by atoms with Crippen LogP contribution in [0.2, 0.25) is 0 Å². The predicted molar refractivity (Wildman–Crippen MR) is 76.3 cm³/mol. The van der Waals surface area contributed by atoms with E-state index in [0.717, 1.165) is 17.9 Å². The van der Waals surface area contributed by atoms with Crippen molar-refractivity contribution in [3.63, 3.8) is 0 Å². The first kappa shape index (κ1) is 13.9. The van der Waals surface area contributed by atoms with Gasteiger partial charge in [0.2, 0.25) is 5.91 Å². The number of nitrogens with zero attached hydrogens (tertiary/aromatic N) is 1. The minimum Gasteiger partial charge on any atom is -0.497 e. The monoisotopic (exact) mass is 261 g/mol. The Bertz CT molecular complexity index is 421. The van der Waals surface area contributed by atoms with Gasteiger partial charge in [-0.05, 0) is 36.5 Å². The molecule has 1 aliphatic carbocycles. The van der Waals surface area contributed by atoms with Crippen LogP contribution in [0, 0.1) is 5.92 Å². The van der Waals surface area contributed by atoms with Crippen molar-refractivity contribution >= 4 is 5.91 Å². The molecule has 0 radical (unpaired) electrons. The van der Waals surface area contributed by atoms with Crippen LogP contribution < -0.4 is 4.74 Å². The summed E-state index contributed by atoms with van der Waals surface area (Å²) in [4.78, 5) is 14.4. The van der Waals surface area contributed by atoms with Crippen molar-refractivity contribution < 1.29 is 9.53 Å². The summed E-state index contributed by atoms with van der Waals surface area (Å²) in [5.41, 5.74) is 1.06. The van der Waals surface area contributed by atoms with Gasteiger partial charge in [-0.15, -0.1) is 0 Å². The second-order valence-corrected chi connectivity index (χ2v) is 5.70. The average Bonchev–Trinajstić information content (AvgIpc) is 3.21. The summed E-state index contributed by atoms with van der Waals surface area (Å²) in [6.45, 7) is 5.20. The number of benzene rings is 1. The fourth-order valence-corrected chi connectivity index (χ4v) is 2.25. The molecule has 0 heterocycles. The molecule has 0 bridgehead atoms. The molecule has 2 rings (SSSR count). The minimum absolute atomic E-state index is 0.251. The maximum Gasteiger partial charge on any atom is 0.227 e. The van der Waals surface area contributed by atoms with Crippen molar-refractivity contribution in [3.8, 4) is 5.75 Å². The molecular weight excluding hydrogens is 238 g/mol. The molecule has 3 nitrogen and oxygen atoms in total. The summed E-state index contributed by atoms with van der Waals surface area (Å²) in [5.74, 6) is 1.61. The number of carbonyl (C=O) groups excluding carboxylic acids is 1. The maximum atomic E-state index is 12.4. The molecule has 1 aromatic carbocycles. The van der Waals surface area contributed by atoms with Crippen LogP contribution >= 0.6 is 0 Å². The van der Waals surface area contributed by atoms with E-state index in [1.165, 1.54) is 12.8 Å². The van der Waals surface area contributed by atoms with Gasteiger partial charge in [0.1, 0.15) is 5.75 Å². The Hall–Kier alpha value is -1.51. The standard InChI is InChI=1S/C16H23NO2/c1-12(2)11-17(14-6-7-14)16(18)10-13-4-8-15(19-3)9-5-13/h4-5,8-9,12,14H,6-7,10-11H2,1-3H3. The zero-order valence-corrected chi connectivity index (χ0v) is 12.1. The first-order valence-electron chi connectivity index (χ1n) is 7.02. The molecule has 0 saturated heterocycles. The lowest BCUT2D eigenvalue weighted by Gasteiger charge is -2.24. The maximum absolute atomic E-state index is 12.4. The molecule has 0 spiro atoms. The Morgan fingerprint density at radius 1 is 1.32 bits per heavy atom. The van der Waals surface area contributed by atoms with Gasteiger partial charge in [-0.3, -0.25) is 4.79 Å². The summed E-state index contributed by atoms with van der Waals surface area (Å²) in [5, 5.41) is 0. The molecule has 3 heteroatoms. The van der Waals surface area contributed by atoms with E-state index in [-0.39, 0.29) is 5.91 Å². The van der Waals surface area contributed by atoms with Crippen LogP contribution in [-0.2, 0) is 11.2 Å². The van der Waals surface area contributed by atoms with E-state index in [1.807, 2.05) is 24.3 Å². The van der Waals surface area contributed by atoms with Crippen molar-refractivity contribution in [3.05, 3.63) is 29.8 Å². The Morgan fingerprint density at radius 3 is 2.42 bits per heavy atom. The molecular formula is C16H23NO2. The highest BCUT2D eigenvalue weighted by Crippen LogP contribution is 2.28. The molecule has 0 aromatic heterocycles.